The van der Waals surface area contributed by atoms with Crippen LogP contribution < -0.4 is 20.1 Å². The maximum absolute atomic E-state index is 12.7. The molecule has 166 valence electrons. The van der Waals surface area contributed by atoms with Crippen LogP contribution in [0.25, 0.3) is 0 Å². The summed E-state index contributed by atoms with van der Waals surface area (Å²) in [6.07, 6.45) is 0.783. The zero-order valence-electron chi connectivity index (χ0n) is 18.0. The molecule has 0 aliphatic carbocycles. The van der Waals surface area contributed by atoms with Crippen LogP contribution in [0.1, 0.15) is 21.5 Å². The molecule has 0 saturated heterocycles. The Kier molecular flexibility index (Phi) is 8.11. The van der Waals surface area contributed by atoms with Gasteiger partial charge in [-0.25, -0.2) is 0 Å². The van der Waals surface area contributed by atoms with Gasteiger partial charge < -0.3 is 20.1 Å². The fourth-order valence-electron chi connectivity index (χ4n) is 3.27. The molecule has 0 fully saturated rings. The zero-order valence-corrected chi connectivity index (χ0v) is 18.7. The number of amides is 2. The van der Waals surface area contributed by atoms with Gasteiger partial charge in [-0.2, -0.15) is 0 Å². The molecule has 3 aromatic rings. The van der Waals surface area contributed by atoms with Crippen molar-refractivity contribution >= 4 is 29.1 Å². The molecule has 0 heterocycles. The largest absolute Gasteiger partial charge is 0.493 e. The molecule has 0 aromatic heterocycles. The van der Waals surface area contributed by atoms with Crippen LogP contribution in [0.4, 0.5) is 5.69 Å². The number of ether oxygens (including phenoxy) is 2. The lowest BCUT2D eigenvalue weighted by molar-refractivity contribution is -0.115. The number of nitrogens with one attached hydrogen (secondary N) is 2. The number of hydrogen-bond donors (Lipinski definition) is 2. The smallest absolute Gasteiger partial charge is 0.253 e. The maximum atomic E-state index is 12.7. The third-order valence-electron chi connectivity index (χ3n) is 4.85. The van der Waals surface area contributed by atoms with E-state index in [9.17, 15) is 9.59 Å². The molecule has 0 unspecified atom stereocenters. The first kappa shape index (κ1) is 23.2. The standard InChI is InChI=1S/C25H25ClN2O4/c1-31-22-11-10-17(15-23(22)32-2)12-13-27-25(30)20-8-3-4-9-21(20)28-24(29)16-18-6-5-7-19(26)14-18/h3-11,14-15H,12-13,16H2,1-2H3,(H,27,30)(H,28,29). The first-order chi connectivity index (χ1) is 15.5. The van der Waals surface area contributed by atoms with Gasteiger partial charge in [-0.05, 0) is 53.9 Å². The molecule has 0 saturated carbocycles. The van der Waals surface area contributed by atoms with Crippen molar-refractivity contribution in [3.05, 3.63) is 88.4 Å². The van der Waals surface area contributed by atoms with E-state index < -0.39 is 0 Å². The van der Waals surface area contributed by atoms with Crippen LogP contribution in [-0.2, 0) is 17.6 Å². The molecule has 0 aliphatic heterocycles. The summed E-state index contributed by atoms with van der Waals surface area (Å²) in [5, 5.41) is 6.30. The van der Waals surface area contributed by atoms with Crippen LogP contribution in [0.15, 0.2) is 66.7 Å². The number of methoxy groups -OCH3 is 2. The Morgan fingerprint density at radius 3 is 2.41 bits per heavy atom. The molecule has 32 heavy (non-hydrogen) atoms. The Bertz CT molecular complexity index is 1100. The minimum absolute atomic E-state index is 0.163. The monoisotopic (exact) mass is 452 g/mol. The first-order valence-corrected chi connectivity index (χ1v) is 10.5. The van der Waals surface area contributed by atoms with E-state index in [1.807, 2.05) is 24.3 Å². The average Bonchev–Trinajstić information content (AvgIpc) is 2.79. The van der Waals surface area contributed by atoms with Gasteiger partial charge in [0.1, 0.15) is 0 Å². The predicted molar refractivity (Wildman–Crippen MR) is 126 cm³/mol. The van der Waals surface area contributed by atoms with E-state index in [2.05, 4.69) is 10.6 Å². The van der Waals surface area contributed by atoms with E-state index in [4.69, 9.17) is 21.1 Å². The number of carbonyl (C=O) groups excluding carboxylic acids is 2. The minimum Gasteiger partial charge on any atom is -0.493 e. The molecule has 2 N–H and O–H groups in total. The lowest BCUT2D eigenvalue weighted by atomic mass is 10.1. The second kappa shape index (κ2) is 11.2. The topological polar surface area (TPSA) is 76.7 Å². The van der Waals surface area contributed by atoms with Gasteiger partial charge in [0.05, 0.1) is 31.9 Å². The summed E-state index contributed by atoms with van der Waals surface area (Å²) in [4.78, 5) is 25.2. The molecule has 6 nitrogen and oxygen atoms in total. The van der Waals surface area contributed by atoms with E-state index >= 15 is 0 Å². The summed E-state index contributed by atoms with van der Waals surface area (Å²) < 4.78 is 10.6. The van der Waals surface area contributed by atoms with Gasteiger partial charge in [-0.3, -0.25) is 9.59 Å². The fourth-order valence-corrected chi connectivity index (χ4v) is 3.48. The normalized spacial score (nSPS) is 10.3. The predicted octanol–water partition coefficient (Wildman–Crippen LogP) is 4.51. The van der Waals surface area contributed by atoms with Crippen molar-refractivity contribution in [2.24, 2.45) is 0 Å². The first-order valence-electron chi connectivity index (χ1n) is 10.1. The number of rotatable bonds is 9. The Labute approximate surface area is 192 Å². The van der Waals surface area contributed by atoms with Gasteiger partial charge in [0, 0.05) is 11.6 Å². The van der Waals surface area contributed by atoms with E-state index in [-0.39, 0.29) is 18.2 Å². The SMILES string of the molecule is COc1ccc(CCNC(=O)c2ccccc2NC(=O)Cc2cccc(Cl)c2)cc1OC. The maximum Gasteiger partial charge on any atom is 0.253 e. The third kappa shape index (κ3) is 6.25. The Hall–Kier alpha value is -3.51. The average molecular weight is 453 g/mol. The van der Waals surface area contributed by atoms with Crippen molar-refractivity contribution in [1.29, 1.82) is 0 Å². The molecule has 0 aliphatic rings. The van der Waals surface area contributed by atoms with Crippen molar-refractivity contribution in [3.8, 4) is 11.5 Å². The van der Waals surface area contributed by atoms with Crippen LogP contribution in [0.5, 0.6) is 11.5 Å². The molecule has 0 radical (unpaired) electrons. The van der Waals surface area contributed by atoms with Gasteiger partial charge in [-0.15, -0.1) is 0 Å². The van der Waals surface area contributed by atoms with Gasteiger partial charge in [0.2, 0.25) is 5.91 Å². The van der Waals surface area contributed by atoms with E-state index in [1.54, 1.807) is 56.7 Å². The van der Waals surface area contributed by atoms with Crippen molar-refractivity contribution in [2.45, 2.75) is 12.8 Å². The molecule has 3 rings (SSSR count). The quantitative estimate of drug-likeness (QED) is 0.500. The van der Waals surface area contributed by atoms with Crippen molar-refractivity contribution in [3.63, 3.8) is 0 Å². The summed E-state index contributed by atoms with van der Waals surface area (Å²) in [5.74, 6) is 0.814. The van der Waals surface area contributed by atoms with E-state index in [1.165, 1.54) is 0 Å². The molecule has 0 bridgehead atoms. The minimum atomic E-state index is -0.260. The van der Waals surface area contributed by atoms with Crippen LogP contribution in [0.2, 0.25) is 5.02 Å². The van der Waals surface area contributed by atoms with Crippen LogP contribution in [0, 0.1) is 0 Å². The van der Waals surface area contributed by atoms with Gasteiger partial charge in [-0.1, -0.05) is 41.9 Å². The molecule has 7 heteroatoms. The van der Waals surface area contributed by atoms with Crippen LogP contribution >= 0.6 is 11.6 Å². The summed E-state index contributed by atoms with van der Waals surface area (Å²) >= 11 is 5.98. The number of hydrogen-bond acceptors (Lipinski definition) is 4. The number of para-hydroxylation sites is 1. The molecule has 0 spiro atoms. The summed E-state index contributed by atoms with van der Waals surface area (Å²) in [7, 11) is 3.17. The number of benzene rings is 3. The fraction of sp³-hybridized carbons (Fsp3) is 0.200. The highest BCUT2D eigenvalue weighted by atomic mass is 35.5. The molecule has 2 amide bonds. The Balaban J connectivity index is 1.59. The van der Waals surface area contributed by atoms with Gasteiger partial charge in [0.15, 0.2) is 11.5 Å². The van der Waals surface area contributed by atoms with Crippen LogP contribution in [-0.4, -0.2) is 32.6 Å². The second-order valence-corrected chi connectivity index (χ2v) is 7.53. The Morgan fingerprint density at radius 1 is 0.875 bits per heavy atom. The zero-order chi connectivity index (χ0) is 22.9. The van der Waals surface area contributed by atoms with Crippen molar-refractivity contribution in [1.82, 2.24) is 5.32 Å². The van der Waals surface area contributed by atoms with Gasteiger partial charge >= 0.3 is 0 Å². The van der Waals surface area contributed by atoms with E-state index in [0.29, 0.717) is 40.7 Å². The lowest BCUT2D eigenvalue weighted by Crippen LogP contribution is -2.27. The summed E-state index contributed by atoms with van der Waals surface area (Å²) in [6.45, 7) is 0.430. The van der Waals surface area contributed by atoms with Crippen molar-refractivity contribution in [2.75, 3.05) is 26.1 Å². The summed E-state index contributed by atoms with van der Waals surface area (Å²) in [6, 6.07) is 19.7. The van der Waals surface area contributed by atoms with Crippen molar-refractivity contribution < 1.29 is 19.1 Å². The summed E-state index contributed by atoms with van der Waals surface area (Å²) in [5.41, 5.74) is 2.67. The Morgan fingerprint density at radius 2 is 1.66 bits per heavy atom. The molecular weight excluding hydrogens is 428 g/mol. The molecular formula is C25H25ClN2O4. The third-order valence-corrected chi connectivity index (χ3v) is 5.08. The highest BCUT2D eigenvalue weighted by Crippen LogP contribution is 2.27. The number of carbonyl (C=O) groups is 2. The van der Waals surface area contributed by atoms with Crippen LogP contribution in [0.3, 0.4) is 0 Å². The number of anilines is 1. The number of halogens is 1. The second-order valence-electron chi connectivity index (χ2n) is 7.10. The highest BCUT2D eigenvalue weighted by Gasteiger charge is 2.13. The molecule has 3 aromatic carbocycles. The molecule has 0 atom stereocenters. The lowest BCUT2D eigenvalue weighted by Gasteiger charge is -2.12. The van der Waals surface area contributed by atoms with E-state index in [0.717, 1.165) is 11.1 Å². The van der Waals surface area contributed by atoms with Gasteiger partial charge in [0.25, 0.3) is 5.91 Å². The highest BCUT2D eigenvalue weighted by molar-refractivity contribution is 6.30.